The van der Waals surface area contributed by atoms with Crippen molar-refractivity contribution in [3.63, 3.8) is 0 Å². The van der Waals surface area contributed by atoms with Gasteiger partial charge in [-0.2, -0.15) is 9.47 Å². The SMILES string of the molecule is Cc1nscc1C(=O)N(C)C[C@@H]1C[C@H](F)CN1Cc1cnn(C)c1. The smallest absolute Gasteiger partial charge is 0.256 e. The largest absolute Gasteiger partial charge is 0.340 e. The van der Waals surface area contributed by atoms with Crippen molar-refractivity contribution in [2.24, 2.45) is 7.05 Å². The number of hydrogen-bond donors (Lipinski definition) is 0. The van der Waals surface area contributed by atoms with Gasteiger partial charge in [-0.3, -0.25) is 14.4 Å². The Balaban J connectivity index is 1.65. The topological polar surface area (TPSA) is 54.3 Å². The molecule has 1 fully saturated rings. The van der Waals surface area contributed by atoms with Crippen molar-refractivity contribution in [2.75, 3.05) is 20.1 Å². The average molecular weight is 351 g/mol. The fraction of sp³-hybridized carbons (Fsp3) is 0.562. The third kappa shape index (κ3) is 3.64. The fourth-order valence-corrected chi connectivity index (χ4v) is 3.88. The molecule has 3 rings (SSSR count). The number of aromatic nitrogens is 3. The maximum atomic E-state index is 13.9. The van der Waals surface area contributed by atoms with Gasteiger partial charge in [-0.05, 0) is 24.9 Å². The number of aryl methyl sites for hydroxylation is 2. The van der Waals surface area contributed by atoms with Crippen molar-refractivity contribution in [3.05, 3.63) is 34.6 Å². The lowest BCUT2D eigenvalue weighted by atomic mass is 10.1. The Morgan fingerprint density at radius 3 is 2.96 bits per heavy atom. The van der Waals surface area contributed by atoms with Gasteiger partial charge in [0.1, 0.15) is 6.17 Å². The van der Waals surface area contributed by atoms with Gasteiger partial charge in [-0.1, -0.05) is 0 Å². The molecule has 0 aromatic carbocycles. The minimum absolute atomic E-state index is 0.0149. The Hall–Kier alpha value is -1.80. The number of halogens is 1. The van der Waals surface area contributed by atoms with Crippen LogP contribution in [0.3, 0.4) is 0 Å². The normalized spacial score (nSPS) is 21.3. The molecule has 0 saturated carbocycles. The molecule has 130 valence electrons. The lowest BCUT2D eigenvalue weighted by Gasteiger charge is -2.28. The number of amides is 1. The van der Waals surface area contributed by atoms with Crippen LogP contribution in [0.25, 0.3) is 0 Å². The molecule has 0 unspecified atom stereocenters. The van der Waals surface area contributed by atoms with Gasteiger partial charge in [0.2, 0.25) is 0 Å². The van der Waals surface area contributed by atoms with Gasteiger partial charge in [-0.15, -0.1) is 0 Å². The zero-order valence-corrected chi connectivity index (χ0v) is 15.0. The fourth-order valence-electron chi connectivity index (χ4n) is 3.20. The maximum absolute atomic E-state index is 13.9. The summed E-state index contributed by atoms with van der Waals surface area (Å²) in [6.45, 7) is 3.40. The summed E-state index contributed by atoms with van der Waals surface area (Å²) in [5.41, 5.74) is 2.44. The van der Waals surface area contributed by atoms with Crippen LogP contribution in [0.5, 0.6) is 0 Å². The quantitative estimate of drug-likeness (QED) is 0.825. The van der Waals surface area contributed by atoms with E-state index in [0.717, 1.165) is 11.3 Å². The van der Waals surface area contributed by atoms with Gasteiger partial charge in [-0.25, -0.2) is 4.39 Å². The Labute approximate surface area is 145 Å². The molecule has 1 aliphatic rings. The van der Waals surface area contributed by atoms with Crippen molar-refractivity contribution < 1.29 is 9.18 Å². The first-order valence-electron chi connectivity index (χ1n) is 7.96. The molecule has 1 saturated heterocycles. The lowest BCUT2D eigenvalue weighted by molar-refractivity contribution is 0.0749. The van der Waals surface area contributed by atoms with Gasteiger partial charge in [0.05, 0.1) is 17.5 Å². The first-order chi connectivity index (χ1) is 11.4. The van der Waals surface area contributed by atoms with Crippen LogP contribution in [0.1, 0.15) is 28.0 Å². The summed E-state index contributed by atoms with van der Waals surface area (Å²) in [7, 11) is 3.64. The van der Waals surface area contributed by atoms with Crippen LogP contribution in [0.2, 0.25) is 0 Å². The molecule has 6 nitrogen and oxygen atoms in total. The van der Waals surface area contributed by atoms with Crippen LogP contribution in [0.15, 0.2) is 17.8 Å². The third-order valence-electron chi connectivity index (χ3n) is 4.43. The predicted octanol–water partition coefficient (Wildman–Crippen LogP) is 1.87. The first kappa shape index (κ1) is 17.0. The van der Waals surface area contributed by atoms with Gasteiger partial charge >= 0.3 is 0 Å². The number of carbonyl (C=O) groups is 1. The number of nitrogens with zero attached hydrogens (tertiary/aromatic N) is 5. The molecule has 1 aliphatic heterocycles. The van der Waals surface area contributed by atoms with Gasteiger partial charge in [0, 0.05) is 56.9 Å². The predicted molar refractivity (Wildman–Crippen MR) is 90.7 cm³/mol. The van der Waals surface area contributed by atoms with E-state index in [-0.39, 0.29) is 11.9 Å². The van der Waals surface area contributed by atoms with Crippen molar-refractivity contribution in [1.29, 1.82) is 0 Å². The average Bonchev–Trinajstić information content (AvgIpc) is 3.21. The van der Waals surface area contributed by atoms with E-state index in [0.29, 0.717) is 31.6 Å². The van der Waals surface area contributed by atoms with Gasteiger partial charge < -0.3 is 4.90 Å². The molecule has 2 aromatic rings. The van der Waals surface area contributed by atoms with Crippen LogP contribution < -0.4 is 0 Å². The van der Waals surface area contributed by atoms with E-state index in [1.54, 1.807) is 28.2 Å². The summed E-state index contributed by atoms with van der Waals surface area (Å²) in [4.78, 5) is 16.3. The molecule has 0 N–H and O–H groups in total. The molecular weight excluding hydrogens is 329 g/mol. The van der Waals surface area contributed by atoms with E-state index in [1.807, 2.05) is 20.2 Å². The van der Waals surface area contributed by atoms with E-state index in [2.05, 4.69) is 14.4 Å². The van der Waals surface area contributed by atoms with Crippen LogP contribution in [-0.2, 0) is 13.6 Å². The second-order valence-electron chi connectivity index (χ2n) is 6.44. The third-order valence-corrected chi connectivity index (χ3v) is 5.15. The van der Waals surface area contributed by atoms with Crippen LogP contribution in [0, 0.1) is 6.92 Å². The molecule has 3 heterocycles. The molecule has 2 atom stereocenters. The van der Waals surface area contributed by atoms with Crippen molar-refractivity contribution >= 4 is 17.4 Å². The molecule has 0 aliphatic carbocycles. The van der Waals surface area contributed by atoms with Crippen LogP contribution in [-0.4, -0.2) is 62.2 Å². The van der Waals surface area contributed by atoms with Crippen molar-refractivity contribution in [2.45, 2.75) is 32.1 Å². The number of likely N-dealkylation sites (tertiary alicyclic amines) is 1. The highest BCUT2D eigenvalue weighted by Crippen LogP contribution is 2.24. The Bertz CT molecular complexity index is 715. The van der Waals surface area contributed by atoms with E-state index >= 15 is 0 Å². The zero-order chi connectivity index (χ0) is 17.3. The van der Waals surface area contributed by atoms with E-state index in [1.165, 1.54) is 11.5 Å². The van der Waals surface area contributed by atoms with Crippen LogP contribution in [0.4, 0.5) is 4.39 Å². The molecule has 24 heavy (non-hydrogen) atoms. The summed E-state index contributed by atoms with van der Waals surface area (Å²) in [5.74, 6) is -0.0510. The Morgan fingerprint density at radius 2 is 2.33 bits per heavy atom. The van der Waals surface area contributed by atoms with E-state index < -0.39 is 6.17 Å². The number of rotatable bonds is 5. The minimum Gasteiger partial charge on any atom is -0.340 e. The Kier molecular flexibility index (Phi) is 4.96. The van der Waals surface area contributed by atoms with Gasteiger partial charge in [0.15, 0.2) is 0 Å². The van der Waals surface area contributed by atoms with Crippen LogP contribution >= 0.6 is 11.5 Å². The minimum atomic E-state index is -0.847. The van der Waals surface area contributed by atoms with Crippen molar-refractivity contribution in [3.8, 4) is 0 Å². The summed E-state index contributed by atoms with van der Waals surface area (Å²) in [5, 5.41) is 5.93. The molecule has 8 heteroatoms. The number of likely N-dealkylation sites (N-methyl/N-ethyl adjacent to an activating group) is 1. The standard InChI is InChI=1S/C16H22FN5OS/c1-11-15(10-24-19-11)16(23)20(2)9-14-4-13(17)8-22(14)7-12-5-18-21(3)6-12/h5-6,10,13-14H,4,7-9H2,1-3H3/t13-,14-/m0/s1. The monoisotopic (exact) mass is 351 g/mol. The number of alkyl halides is 1. The molecule has 0 bridgehead atoms. The number of hydrogen-bond acceptors (Lipinski definition) is 5. The summed E-state index contributed by atoms with van der Waals surface area (Å²) >= 11 is 1.28. The van der Waals surface area contributed by atoms with E-state index in [9.17, 15) is 9.18 Å². The maximum Gasteiger partial charge on any atom is 0.256 e. The van der Waals surface area contributed by atoms with Crippen molar-refractivity contribution in [1.82, 2.24) is 24.0 Å². The number of carbonyl (C=O) groups excluding carboxylic acids is 1. The molecule has 0 radical (unpaired) electrons. The van der Waals surface area contributed by atoms with E-state index in [4.69, 9.17) is 0 Å². The highest BCUT2D eigenvalue weighted by Gasteiger charge is 2.34. The summed E-state index contributed by atoms with van der Waals surface area (Å²) < 4.78 is 19.8. The first-order valence-corrected chi connectivity index (χ1v) is 8.79. The molecular formula is C16H22FN5OS. The highest BCUT2D eigenvalue weighted by molar-refractivity contribution is 7.03. The molecule has 0 spiro atoms. The molecule has 2 aromatic heterocycles. The Morgan fingerprint density at radius 1 is 1.54 bits per heavy atom. The lowest BCUT2D eigenvalue weighted by Crippen LogP contribution is -2.41. The zero-order valence-electron chi connectivity index (χ0n) is 14.1. The molecule has 1 amide bonds. The summed E-state index contributed by atoms with van der Waals surface area (Å²) in [6, 6.07) is 0.0149. The summed E-state index contributed by atoms with van der Waals surface area (Å²) in [6.07, 6.45) is 3.36. The highest BCUT2D eigenvalue weighted by atomic mass is 32.1. The second-order valence-corrected chi connectivity index (χ2v) is 7.07. The van der Waals surface area contributed by atoms with Gasteiger partial charge in [0.25, 0.3) is 5.91 Å². The second kappa shape index (κ2) is 6.98.